The van der Waals surface area contributed by atoms with Crippen LogP contribution in [0.3, 0.4) is 0 Å². The lowest BCUT2D eigenvalue weighted by atomic mass is 10.1. The number of pyridine rings is 1. The first-order chi connectivity index (χ1) is 12.9. The molecule has 0 aliphatic rings. The smallest absolute Gasteiger partial charge is 0.260 e. The molecule has 7 N–H and O–H groups in total. The van der Waals surface area contributed by atoms with Crippen LogP contribution in [0.25, 0.3) is 21.5 Å². The molecule has 1 unspecified atom stereocenters. The molecule has 1 amide bonds. The third-order valence-corrected chi connectivity index (χ3v) is 5.31. The van der Waals surface area contributed by atoms with Crippen LogP contribution in [0, 0.1) is 0 Å². The zero-order valence-corrected chi connectivity index (χ0v) is 15.7. The van der Waals surface area contributed by atoms with Gasteiger partial charge in [0.05, 0.1) is 30.1 Å². The Hall–Kier alpha value is -2.82. The van der Waals surface area contributed by atoms with E-state index in [0.717, 1.165) is 11.3 Å². The summed E-state index contributed by atoms with van der Waals surface area (Å²) in [4.78, 5) is 25.3. The Balaban J connectivity index is 2.32. The topological polar surface area (TPSA) is 163 Å². The Kier molecular flexibility index (Phi) is 5.22. The molecule has 0 saturated heterocycles. The summed E-state index contributed by atoms with van der Waals surface area (Å²) in [6.45, 7) is 1.85. The third kappa shape index (κ3) is 3.42. The number of aliphatic hydroxyl groups is 1. The highest BCUT2D eigenvalue weighted by Gasteiger charge is 2.25. The maximum absolute atomic E-state index is 11.7. The van der Waals surface area contributed by atoms with E-state index in [2.05, 4.69) is 15.0 Å². The number of carbonyl (C=O) groups excluding carboxylic acids is 1. The van der Waals surface area contributed by atoms with Gasteiger partial charge in [-0.05, 0) is 12.5 Å². The second kappa shape index (κ2) is 7.43. The van der Waals surface area contributed by atoms with E-state index in [1.165, 1.54) is 7.11 Å². The highest BCUT2D eigenvalue weighted by atomic mass is 32.1. The van der Waals surface area contributed by atoms with Crippen LogP contribution in [0.1, 0.15) is 34.9 Å². The van der Waals surface area contributed by atoms with Crippen molar-refractivity contribution < 1.29 is 14.6 Å². The summed E-state index contributed by atoms with van der Waals surface area (Å²) in [6.07, 6.45) is 2.60. The van der Waals surface area contributed by atoms with E-state index < -0.39 is 18.1 Å². The van der Waals surface area contributed by atoms with Gasteiger partial charge in [-0.25, -0.2) is 9.97 Å². The van der Waals surface area contributed by atoms with Gasteiger partial charge in [-0.15, -0.1) is 11.3 Å². The van der Waals surface area contributed by atoms with Crippen LogP contribution >= 0.6 is 11.3 Å². The lowest BCUT2D eigenvalue weighted by molar-refractivity contribution is 0.100. The van der Waals surface area contributed by atoms with Gasteiger partial charge >= 0.3 is 0 Å². The number of hydrogen-bond acceptors (Lipinski definition) is 9. The van der Waals surface area contributed by atoms with E-state index in [0.29, 0.717) is 33.6 Å². The number of nitrogens with two attached hydrogens (primary N) is 3. The summed E-state index contributed by atoms with van der Waals surface area (Å²) in [6, 6.07) is 1.19. The van der Waals surface area contributed by atoms with Crippen LogP contribution in [-0.4, -0.2) is 39.1 Å². The zero-order chi connectivity index (χ0) is 19.7. The summed E-state index contributed by atoms with van der Waals surface area (Å²) in [7, 11) is 1.52. The number of amides is 1. The fraction of sp³-hybridized carbons (Fsp3) is 0.294. The molecule has 3 aromatic heterocycles. The van der Waals surface area contributed by atoms with Crippen molar-refractivity contribution in [1.29, 1.82) is 0 Å². The molecule has 0 aliphatic heterocycles. The minimum Gasteiger partial charge on any atom is -0.495 e. The Labute approximate surface area is 159 Å². The molecule has 0 aliphatic carbocycles. The molecule has 9 nitrogen and oxygen atoms in total. The fourth-order valence-corrected chi connectivity index (χ4v) is 3.59. The third-order valence-electron chi connectivity index (χ3n) is 4.19. The van der Waals surface area contributed by atoms with Gasteiger partial charge in [0.1, 0.15) is 21.6 Å². The van der Waals surface area contributed by atoms with Crippen molar-refractivity contribution in [3.63, 3.8) is 0 Å². The molecule has 0 radical (unpaired) electrons. The van der Waals surface area contributed by atoms with Crippen molar-refractivity contribution in [3.8, 4) is 17.0 Å². The first-order valence-electron chi connectivity index (χ1n) is 8.20. The maximum atomic E-state index is 11.7. The van der Waals surface area contributed by atoms with Gasteiger partial charge < -0.3 is 27.0 Å². The van der Waals surface area contributed by atoms with E-state index in [-0.39, 0.29) is 16.4 Å². The number of hydrogen-bond donors (Lipinski definition) is 4. The zero-order valence-electron chi connectivity index (χ0n) is 14.8. The van der Waals surface area contributed by atoms with E-state index in [1.54, 1.807) is 18.5 Å². The molecular weight excluding hydrogens is 368 g/mol. The summed E-state index contributed by atoms with van der Waals surface area (Å²) in [5.41, 5.74) is 18.7. The average molecular weight is 388 g/mol. The molecular formula is C17H20N6O3S. The van der Waals surface area contributed by atoms with E-state index >= 15 is 0 Å². The number of aromatic nitrogens is 3. The van der Waals surface area contributed by atoms with Gasteiger partial charge in [0.25, 0.3) is 5.91 Å². The van der Waals surface area contributed by atoms with Crippen molar-refractivity contribution in [3.05, 3.63) is 29.2 Å². The Morgan fingerprint density at radius 3 is 2.74 bits per heavy atom. The number of nitrogens with zero attached hydrogens (tertiary/aromatic N) is 3. The largest absolute Gasteiger partial charge is 0.495 e. The SMILES string of the molecule is CC[C@@H](N)C(O)c1nc(-c2cncc(OC)c2)c2c(N)c(C(N)=O)sc2n1. The molecule has 0 fully saturated rings. The van der Waals surface area contributed by atoms with Crippen LogP contribution < -0.4 is 21.9 Å². The molecule has 3 aromatic rings. The van der Waals surface area contributed by atoms with Crippen LogP contribution in [-0.2, 0) is 0 Å². The number of carbonyl (C=O) groups is 1. The number of thiophene rings is 1. The predicted octanol–water partition coefficient (Wildman–Crippen LogP) is 1.21. The normalized spacial score (nSPS) is 13.5. The second-order valence-electron chi connectivity index (χ2n) is 5.95. The number of primary amides is 1. The van der Waals surface area contributed by atoms with Crippen LogP contribution in [0.4, 0.5) is 5.69 Å². The van der Waals surface area contributed by atoms with Gasteiger partial charge in [0.2, 0.25) is 0 Å². The summed E-state index contributed by atoms with van der Waals surface area (Å²) in [5, 5.41) is 11.0. The number of anilines is 1. The van der Waals surface area contributed by atoms with Crippen molar-refractivity contribution in [2.45, 2.75) is 25.5 Å². The number of methoxy groups -OCH3 is 1. The van der Waals surface area contributed by atoms with Crippen molar-refractivity contribution in [2.75, 3.05) is 12.8 Å². The standard InChI is InChI=1S/C17H20N6O3S/c1-3-9(18)13(24)16-22-12(7-4-8(26-2)6-21-5-7)10-11(19)14(15(20)25)27-17(10)23-16/h4-6,9,13,24H,3,18-19H2,1-2H3,(H2,20,25)/t9-,13?/m1/s1. The van der Waals surface area contributed by atoms with Gasteiger partial charge in [-0.2, -0.15) is 0 Å². The first kappa shape index (κ1) is 19.0. The van der Waals surface area contributed by atoms with Crippen molar-refractivity contribution in [2.24, 2.45) is 11.5 Å². The molecule has 27 heavy (non-hydrogen) atoms. The molecule has 10 heteroatoms. The monoisotopic (exact) mass is 388 g/mol. The number of nitrogen functional groups attached to an aromatic ring is 1. The Morgan fingerprint density at radius 1 is 1.37 bits per heavy atom. The fourth-order valence-electron chi connectivity index (χ4n) is 2.64. The van der Waals surface area contributed by atoms with Crippen LogP contribution in [0.2, 0.25) is 0 Å². The number of aliphatic hydroxyl groups excluding tert-OH is 1. The summed E-state index contributed by atoms with van der Waals surface area (Å²) < 4.78 is 5.22. The van der Waals surface area contributed by atoms with Gasteiger partial charge in [0, 0.05) is 17.8 Å². The summed E-state index contributed by atoms with van der Waals surface area (Å²) in [5.74, 6) is 0.0139. The highest BCUT2D eigenvalue weighted by molar-refractivity contribution is 7.21. The number of rotatable bonds is 6. The Bertz CT molecular complexity index is 1010. The Morgan fingerprint density at radius 2 is 2.11 bits per heavy atom. The lowest BCUT2D eigenvalue weighted by Crippen LogP contribution is -2.28. The number of fused-ring (bicyclic) bond motifs is 1. The van der Waals surface area contributed by atoms with Crippen LogP contribution in [0.5, 0.6) is 5.75 Å². The molecule has 142 valence electrons. The molecule has 0 spiro atoms. The van der Waals surface area contributed by atoms with Crippen molar-refractivity contribution in [1.82, 2.24) is 15.0 Å². The van der Waals surface area contributed by atoms with E-state index in [4.69, 9.17) is 21.9 Å². The summed E-state index contributed by atoms with van der Waals surface area (Å²) >= 11 is 1.05. The number of ether oxygens (including phenoxy) is 1. The predicted molar refractivity (Wildman–Crippen MR) is 103 cm³/mol. The second-order valence-corrected chi connectivity index (χ2v) is 6.95. The minimum atomic E-state index is -1.07. The quantitative estimate of drug-likeness (QED) is 0.489. The van der Waals surface area contributed by atoms with Gasteiger partial charge in [-0.3, -0.25) is 9.78 Å². The molecule has 0 saturated carbocycles. The lowest BCUT2D eigenvalue weighted by Gasteiger charge is -2.17. The molecule has 2 atom stereocenters. The van der Waals surface area contributed by atoms with Crippen LogP contribution in [0.15, 0.2) is 18.5 Å². The molecule has 0 aromatic carbocycles. The molecule has 3 rings (SSSR count). The van der Waals surface area contributed by atoms with Gasteiger partial charge in [0.15, 0.2) is 5.82 Å². The van der Waals surface area contributed by atoms with E-state index in [1.807, 2.05) is 6.92 Å². The maximum Gasteiger partial charge on any atom is 0.260 e. The highest BCUT2D eigenvalue weighted by Crippen LogP contribution is 2.39. The minimum absolute atomic E-state index is 0.145. The molecule has 3 heterocycles. The average Bonchev–Trinajstić information content (AvgIpc) is 3.03. The first-order valence-corrected chi connectivity index (χ1v) is 9.01. The molecule has 0 bridgehead atoms. The van der Waals surface area contributed by atoms with E-state index in [9.17, 15) is 9.90 Å². The van der Waals surface area contributed by atoms with Crippen molar-refractivity contribution >= 4 is 33.1 Å². The van der Waals surface area contributed by atoms with Gasteiger partial charge in [-0.1, -0.05) is 6.92 Å².